The molecule has 2 aromatic carbocycles. The van der Waals surface area contributed by atoms with Crippen molar-refractivity contribution in [1.82, 2.24) is 10.2 Å². The maximum absolute atomic E-state index is 13.7. The Labute approximate surface area is 220 Å². The number of urea groups is 1. The molecule has 0 aliphatic heterocycles. The molecule has 0 aromatic heterocycles. The molecule has 2 aliphatic rings. The van der Waals surface area contributed by atoms with E-state index in [0.29, 0.717) is 24.0 Å². The topological polar surface area (TPSA) is 97.3 Å². The molecule has 10 heteroatoms. The van der Waals surface area contributed by atoms with E-state index in [1.54, 1.807) is 14.2 Å². The van der Waals surface area contributed by atoms with Crippen LogP contribution in [0.25, 0.3) is 0 Å². The third-order valence-corrected chi connectivity index (χ3v) is 7.19. The highest BCUT2D eigenvalue weighted by atomic mass is 19.3. The van der Waals surface area contributed by atoms with Crippen LogP contribution in [-0.4, -0.2) is 60.8 Å². The minimum atomic E-state index is -3.13. The van der Waals surface area contributed by atoms with Crippen LogP contribution in [0.5, 0.6) is 11.5 Å². The fourth-order valence-electron chi connectivity index (χ4n) is 4.96. The number of carboxylic acids is 1. The van der Waals surface area contributed by atoms with Crippen molar-refractivity contribution < 1.29 is 37.7 Å². The summed E-state index contributed by atoms with van der Waals surface area (Å²) < 4.78 is 44.4. The van der Waals surface area contributed by atoms with E-state index in [2.05, 4.69) is 5.32 Å². The summed E-state index contributed by atoms with van der Waals surface area (Å²) in [6.07, 6.45) is 0.188. The van der Waals surface area contributed by atoms with Gasteiger partial charge in [0.05, 0.1) is 27.4 Å². The number of hydrogen-bond acceptors (Lipinski definition) is 5. The van der Waals surface area contributed by atoms with Gasteiger partial charge in [-0.15, -0.1) is 0 Å². The summed E-state index contributed by atoms with van der Waals surface area (Å²) in [6, 6.07) is 10.6. The van der Waals surface area contributed by atoms with E-state index in [9.17, 15) is 23.5 Å². The van der Waals surface area contributed by atoms with Crippen LogP contribution in [0, 0.1) is 6.92 Å². The first-order valence-corrected chi connectivity index (χ1v) is 12.6. The standard InChI is InChI=1S/C28H34F2N2O6/c1-18-21(13-22(36-2)23(20-9-10-20)24(18)37-3)14-32(11-12-38-15-19-7-5-4-6-8-19)26(35)31-27(25(33)34)16-28(29,30)17-27/h4-8,13,20H,9-12,14-17H2,1-3H3,(H,31,35)(H,33,34). The summed E-state index contributed by atoms with van der Waals surface area (Å²) >= 11 is 0. The Balaban J connectivity index is 1.55. The van der Waals surface area contributed by atoms with Crippen molar-refractivity contribution in [3.8, 4) is 11.5 Å². The first-order chi connectivity index (χ1) is 18.1. The molecule has 0 spiro atoms. The summed E-state index contributed by atoms with van der Waals surface area (Å²) in [5.41, 5.74) is 1.53. The third kappa shape index (κ3) is 6.01. The average molecular weight is 533 g/mol. The highest BCUT2D eigenvalue weighted by Crippen LogP contribution is 2.50. The number of rotatable bonds is 12. The van der Waals surface area contributed by atoms with Gasteiger partial charge in [-0.2, -0.15) is 0 Å². The molecule has 0 heterocycles. The zero-order valence-electron chi connectivity index (χ0n) is 21.9. The van der Waals surface area contributed by atoms with Crippen molar-refractivity contribution in [3.05, 3.63) is 58.7 Å². The summed E-state index contributed by atoms with van der Waals surface area (Å²) in [6.45, 7) is 2.58. The Kier molecular flexibility index (Phi) is 8.10. The number of nitrogens with one attached hydrogen (secondary N) is 1. The van der Waals surface area contributed by atoms with E-state index in [-0.39, 0.29) is 19.7 Å². The predicted molar refractivity (Wildman–Crippen MR) is 136 cm³/mol. The van der Waals surface area contributed by atoms with Crippen molar-refractivity contribution in [2.24, 2.45) is 0 Å². The number of nitrogens with zero attached hydrogens (tertiary/aromatic N) is 1. The van der Waals surface area contributed by atoms with Gasteiger partial charge in [0.2, 0.25) is 0 Å². The van der Waals surface area contributed by atoms with Gasteiger partial charge < -0.3 is 29.5 Å². The van der Waals surface area contributed by atoms with Gasteiger partial charge in [0.25, 0.3) is 5.92 Å². The minimum Gasteiger partial charge on any atom is -0.496 e. The minimum absolute atomic E-state index is 0.0795. The smallest absolute Gasteiger partial charge is 0.329 e. The Morgan fingerprint density at radius 2 is 1.82 bits per heavy atom. The number of ether oxygens (including phenoxy) is 3. The first kappa shape index (κ1) is 27.6. The molecule has 0 saturated heterocycles. The second kappa shape index (κ2) is 11.1. The van der Waals surface area contributed by atoms with Gasteiger partial charge in [0.15, 0.2) is 5.54 Å². The number of alkyl halides is 2. The van der Waals surface area contributed by atoms with Crippen molar-refractivity contribution in [1.29, 1.82) is 0 Å². The number of aliphatic carboxylic acids is 1. The number of carboxylic acid groups (broad SMARTS) is 1. The third-order valence-electron chi connectivity index (χ3n) is 7.19. The molecule has 4 rings (SSSR count). The highest BCUT2D eigenvalue weighted by molar-refractivity contribution is 5.87. The molecule has 2 N–H and O–H groups in total. The fraction of sp³-hybridized carbons (Fsp3) is 0.500. The Morgan fingerprint density at radius 3 is 2.37 bits per heavy atom. The molecule has 0 atom stereocenters. The van der Waals surface area contributed by atoms with Gasteiger partial charge in [-0.25, -0.2) is 18.4 Å². The Morgan fingerprint density at radius 1 is 1.13 bits per heavy atom. The number of hydrogen-bond donors (Lipinski definition) is 2. The van der Waals surface area contributed by atoms with Crippen LogP contribution in [-0.2, 0) is 22.7 Å². The number of halogens is 2. The normalized spacial score (nSPS) is 17.3. The second-order valence-electron chi connectivity index (χ2n) is 10.1. The lowest BCUT2D eigenvalue weighted by molar-refractivity contribution is -0.175. The molecule has 2 aromatic rings. The van der Waals surface area contributed by atoms with Gasteiger partial charge in [-0.3, -0.25) is 0 Å². The maximum Gasteiger partial charge on any atom is 0.329 e. The lowest BCUT2D eigenvalue weighted by Crippen LogP contribution is -2.68. The zero-order chi connectivity index (χ0) is 27.5. The molecule has 2 saturated carbocycles. The van der Waals surface area contributed by atoms with E-state index in [1.165, 1.54) is 4.90 Å². The SMILES string of the molecule is COc1cc(CN(CCOCc2ccccc2)C(=O)NC2(C(=O)O)CC(F)(F)C2)c(C)c(OC)c1C1CC1. The van der Waals surface area contributed by atoms with Gasteiger partial charge in [-0.1, -0.05) is 30.3 Å². The summed E-state index contributed by atoms with van der Waals surface area (Å²) in [7, 11) is 3.17. The number of methoxy groups -OCH3 is 2. The van der Waals surface area contributed by atoms with Gasteiger partial charge in [-0.05, 0) is 48.4 Å². The molecule has 0 unspecified atom stereocenters. The highest BCUT2D eigenvalue weighted by Gasteiger charge is 2.62. The molecule has 38 heavy (non-hydrogen) atoms. The zero-order valence-corrected chi connectivity index (χ0v) is 21.9. The van der Waals surface area contributed by atoms with Crippen molar-refractivity contribution >= 4 is 12.0 Å². The van der Waals surface area contributed by atoms with Crippen LogP contribution in [0.4, 0.5) is 13.6 Å². The van der Waals surface area contributed by atoms with Crippen molar-refractivity contribution in [2.75, 3.05) is 27.4 Å². The molecule has 206 valence electrons. The fourth-order valence-corrected chi connectivity index (χ4v) is 4.96. The van der Waals surface area contributed by atoms with Crippen LogP contribution in [0.3, 0.4) is 0 Å². The largest absolute Gasteiger partial charge is 0.496 e. The van der Waals surface area contributed by atoms with E-state index >= 15 is 0 Å². The number of carbonyl (C=O) groups is 2. The molecular weight excluding hydrogens is 498 g/mol. The molecular formula is C28H34F2N2O6. The van der Waals surface area contributed by atoms with Crippen LogP contribution in [0.2, 0.25) is 0 Å². The van der Waals surface area contributed by atoms with E-state index in [4.69, 9.17) is 14.2 Å². The quantitative estimate of drug-likeness (QED) is 0.379. The number of carbonyl (C=O) groups excluding carboxylic acids is 1. The molecule has 2 aliphatic carbocycles. The molecule has 8 nitrogen and oxygen atoms in total. The Bertz CT molecular complexity index is 1160. The maximum atomic E-state index is 13.7. The van der Waals surface area contributed by atoms with Crippen molar-refractivity contribution in [3.63, 3.8) is 0 Å². The van der Waals surface area contributed by atoms with E-state index in [0.717, 1.165) is 35.1 Å². The molecule has 0 bridgehead atoms. The van der Waals surface area contributed by atoms with Gasteiger partial charge in [0.1, 0.15) is 11.5 Å². The van der Waals surface area contributed by atoms with Crippen LogP contribution in [0.1, 0.15) is 53.9 Å². The predicted octanol–water partition coefficient (Wildman–Crippen LogP) is 4.87. The first-order valence-electron chi connectivity index (χ1n) is 12.6. The lowest BCUT2D eigenvalue weighted by Gasteiger charge is -2.44. The molecule has 0 radical (unpaired) electrons. The van der Waals surface area contributed by atoms with Gasteiger partial charge >= 0.3 is 12.0 Å². The van der Waals surface area contributed by atoms with Crippen LogP contribution < -0.4 is 14.8 Å². The van der Waals surface area contributed by atoms with Crippen molar-refractivity contribution in [2.45, 2.75) is 63.1 Å². The summed E-state index contributed by atoms with van der Waals surface area (Å²) in [5, 5.41) is 12.0. The van der Waals surface area contributed by atoms with Crippen LogP contribution in [0.15, 0.2) is 36.4 Å². The monoisotopic (exact) mass is 532 g/mol. The Hall–Kier alpha value is -3.40. The molecule has 2 fully saturated rings. The van der Waals surface area contributed by atoms with E-state index in [1.807, 2.05) is 43.3 Å². The summed E-state index contributed by atoms with van der Waals surface area (Å²) in [4.78, 5) is 26.5. The lowest BCUT2D eigenvalue weighted by atomic mass is 9.73. The van der Waals surface area contributed by atoms with E-state index < -0.39 is 36.3 Å². The second-order valence-corrected chi connectivity index (χ2v) is 10.1. The average Bonchev–Trinajstić information content (AvgIpc) is 3.70. The van der Waals surface area contributed by atoms with Crippen LogP contribution >= 0.6 is 0 Å². The number of benzene rings is 2. The van der Waals surface area contributed by atoms with Gasteiger partial charge in [0, 0.05) is 31.5 Å². The summed E-state index contributed by atoms with van der Waals surface area (Å²) in [5.74, 6) is -2.90. The molecule has 2 amide bonds. The number of amides is 2.